The van der Waals surface area contributed by atoms with Gasteiger partial charge < -0.3 is 16.8 Å². The van der Waals surface area contributed by atoms with Crippen molar-refractivity contribution in [1.29, 1.82) is 0 Å². The van der Waals surface area contributed by atoms with Crippen LogP contribution in [-0.2, 0) is 13.0 Å². The molecule has 0 bridgehead atoms. The Labute approximate surface area is 193 Å². The van der Waals surface area contributed by atoms with Gasteiger partial charge in [-0.2, -0.15) is 0 Å². The summed E-state index contributed by atoms with van der Waals surface area (Å²) in [6.45, 7) is 1.56. The van der Waals surface area contributed by atoms with Crippen LogP contribution in [0.5, 0.6) is 0 Å². The van der Waals surface area contributed by atoms with Gasteiger partial charge in [0.25, 0.3) is 5.91 Å². The molecule has 1 aromatic heterocycles. The lowest BCUT2D eigenvalue weighted by Crippen LogP contribution is -2.22. The van der Waals surface area contributed by atoms with Crippen LogP contribution >= 0.6 is 0 Å². The van der Waals surface area contributed by atoms with Crippen LogP contribution in [0.4, 0.5) is 5.82 Å². The van der Waals surface area contributed by atoms with Crippen LogP contribution in [0, 0.1) is 0 Å². The molecule has 0 unspecified atom stereocenters. The number of hydrogen-bond donors (Lipinski definition) is 3. The van der Waals surface area contributed by atoms with Crippen molar-refractivity contribution in [3.05, 3.63) is 125 Å². The summed E-state index contributed by atoms with van der Waals surface area (Å²) in [5.41, 5.74) is 16.5. The number of nitrogens with two attached hydrogens (primary N) is 2. The normalized spacial score (nSPS) is 10.9. The number of amides is 1. The molecule has 0 saturated carbocycles. The van der Waals surface area contributed by atoms with Gasteiger partial charge in [0.1, 0.15) is 0 Å². The minimum atomic E-state index is -0.675. The fourth-order valence-electron chi connectivity index (χ4n) is 3.92. The molecule has 0 aliphatic carbocycles. The number of aromatic nitrogens is 2. The zero-order valence-corrected chi connectivity index (χ0v) is 18.3. The van der Waals surface area contributed by atoms with Crippen LogP contribution < -0.4 is 16.8 Å². The molecule has 4 rings (SSSR count). The molecule has 1 heterocycles. The number of primary amides is 1. The largest absolute Gasteiger partial charge is 0.382 e. The zero-order chi connectivity index (χ0) is 23.0. The van der Waals surface area contributed by atoms with Crippen molar-refractivity contribution in [3.8, 4) is 0 Å². The molecule has 0 radical (unpaired) electrons. The second-order valence-electron chi connectivity index (χ2n) is 7.96. The van der Waals surface area contributed by atoms with Gasteiger partial charge in [0.15, 0.2) is 11.5 Å². The number of nitrogens with one attached hydrogen (secondary N) is 1. The predicted molar refractivity (Wildman–Crippen MR) is 131 cm³/mol. The highest BCUT2D eigenvalue weighted by atomic mass is 16.1. The van der Waals surface area contributed by atoms with E-state index >= 15 is 0 Å². The molecule has 33 heavy (non-hydrogen) atoms. The van der Waals surface area contributed by atoms with Crippen molar-refractivity contribution in [2.24, 2.45) is 5.73 Å². The van der Waals surface area contributed by atoms with Gasteiger partial charge in [-0.05, 0) is 22.3 Å². The molecule has 4 aromatic rings. The number of anilines is 1. The molecule has 0 saturated heterocycles. The summed E-state index contributed by atoms with van der Waals surface area (Å²) in [7, 11) is 0. The van der Waals surface area contributed by atoms with E-state index in [1.165, 1.54) is 16.7 Å². The number of carbonyl (C=O) groups excluding carboxylic acids is 1. The van der Waals surface area contributed by atoms with Crippen LogP contribution in [0.25, 0.3) is 0 Å². The highest BCUT2D eigenvalue weighted by molar-refractivity contribution is 5.94. The van der Waals surface area contributed by atoms with Gasteiger partial charge in [-0.1, -0.05) is 84.9 Å². The highest BCUT2D eigenvalue weighted by Crippen LogP contribution is 2.24. The highest BCUT2D eigenvalue weighted by Gasteiger charge is 2.14. The maximum absolute atomic E-state index is 11.5. The second-order valence-corrected chi connectivity index (χ2v) is 7.96. The van der Waals surface area contributed by atoms with Crippen LogP contribution in [-0.4, -0.2) is 22.4 Å². The molecule has 0 aliphatic rings. The number of hydrogen-bond acceptors (Lipinski definition) is 5. The fraction of sp³-hybridized carbons (Fsp3) is 0.148. The van der Waals surface area contributed by atoms with Crippen LogP contribution in [0.1, 0.15) is 44.4 Å². The molecule has 0 atom stereocenters. The van der Waals surface area contributed by atoms with Gasteiger partial charge in [-0.25, -0.2) is 9.97 Å². The molecule has 3 aromatic carbocycles. The Bertz CT molecular complexity index is 1170. The molecule has 1 amide bonds. The maximum Gasteiger partial charge on any atom is 0.271 e. The summed E-state index contributed by atoms with van der Waals surface area (Å²) in [6.07, 6.45) is 2.12. The monoisotopic (exact) mass is 437 g/mol. The van der Waals surface area contributed by atoms with Crippen molar-refractivity contribution < 1.29 is 4.79 Å². The predicted octanol–water partition coefficient (Wildman–Crippen LogP) is 3.67. The first-order valence-corrected chi connectivity index (χ1v) is 10.9. The van der Waals surface area contributed by atoms with E-state index < -0.39 is 5.91 Å². The molecule has 6 heteroatoms. The van der Waals surface area contributed by atoms with Gasteiger partial charge in [0.2, 0.25) is 0 Å². The summed E-state index contributed by atoms with van der Waals surface area (Å²) in [4.78, 5) is 19.8. The van der Waals surface area contributed by atoms with Crippen LogP contribution in [0.15, 0.2) is 91.1 Å². The van der Waals surface area contributed by atoms with Crippen molar-refractivity contribution in [1.82, 2.24) is 15.3 Å². The Morgan fingerprint density at radius 1 is 0.879 bits per heavy atom. The number of carbonyl (C=O) groups is 1. The lowest BCUT2D eigenvalue weighted by molar-refractivity contribution is 0.0996. The minimum absolute atomic E-state index is 0.0122. The summed E-state index contributed by atoms with van der Waals surface area (Å²) >= 11 is 0. The Morgan fingerprint density at radius 2 is 1.52 bits per heavy atom. The van der Waals surface area contributed by atoms with E-state index in [4.69, 9.17) is 11.5 Å². The Kier molecular flexibility index (Phi) is 7.07. The molecule has 0 aliphatic heterocycles. The summed E-state index contributed by atoms with van der Waals surface area (Å²) < 4.78 is 0. The molecule has 0 spiro atoms. The lowest BCUT2D eigenvalue weighted by Gasteiger charge is -2.19. The first-order chi connectivity index (χ1) is 16.1. The number of nitrogens with zero attached hydrogens (tertiary/aromatic N) is 2. The van der Waals surface area contributed by atoms with E-state index in [-0.39, 0.29) is 17.4 Å². The third-order valence-corrected chi connectivity index (χ3v) is 5.54. The smallest absolute Gasteiger partial charge is 0.271 e. The van der Waals surface area contributed by atoms with Crippen molar-refractivity contribution in [2.75, 3.05) is 12.3 Å². The van der Waals surface area contributed by atoms with E-state index in [0.29, 0.717) is 12.1 Å². The lowest BCUT2D eigenvalue weighted by atomic mass is 9.91. The van der Waals surface area contributed by atoms with Gasteiger partial charge >= 0.3 is 0 Å². The third-order valence-electron chi connectivity index (χ3n) is 5.54. The van der Waals surface area contributed by atoms with Crippen LogP contribution in [0.3, 0.4) is 0 Å². The molecular formula is C27H27N5O. The summed E-state index contributed by atoms with van der Waals surface area (Å²) in [6, 6.07) is 29.4. The quantitative estimate of drug-likeness (QED) is 0.370. The average Bonchev–Trinajstić information content (AvgIpc) is 2.84. The van der Waals surface area contributed by atoms with E-state index in [0.717, 1.165) is 18.7 Å². The van der Waals surface area contributed by atoms with E-state index in [2.05, 4.69) is 75.9 Å². The van der Waals surface area contributed by atoms with Crippen molar-refractivity contribution in [3.63, 3.8) is 0 Å². The van der Waals surface area contributed by atoms with Gasteiger partial charge in [0, 0.05) is 25.4 Å². The van der Waals surface area contributed by atoms with Gasteiger partial charge in [0.05, 0.1) is 11.9 Å². The SMILES string of the molecule is NC(=O)c1nc(Cc2cccc(CNCC(c3ccccc3)c3ccccc3)c2)cnc1N. The number of rotatable bonds is 9. The number of benzene rings is 3. The van der Waals surface area contributed by atoms with E-state index in [9.17, 15) is 4.79 Å². The van der Waals surface area contributed by atoms with E-state index in [1.54, 1.807) is 6.20 Å². The Morgan fingerprint density at radius 3 is 2.15 bits per heavy atom. The summed E-state index contributed by atoms with van der Waals surface area (Å²) in [5.74, 6) is -0.352. The molecule has 5 N–H and O–H groups in total. The molecular weight excluding hydrogens is 410 g/mol. The second kappa shape index (κ2) is 10.5. The van der Waals surface area contributed by atoms with Crippen molar-refractivity contribution in [2.45, 2.75) is 18.9 Å². The Balaban J connectivity index is 1.43. The van der Waals surface area contributed by atoms with Crippen LogP contribution in [0.2, 0.25) is 0 Å². The van der Waals surface area contributed by atoms with Gasteiger partial charge in [-0.3, -0.25) is 4.79 Å². The van der Waals surface area contributed by atoms with Gasteiger partial charge in [-0.15, -0.1) is 0 Å². The first kappa shape index (κ1) is 22.2. The average molecular weight is 438 g/mol. The minimum Gasteiger partial charge on any atom is -0.382 e. The van der Waals surface area contributed by atoms with E-state index in [1.807, 2.05) is 24.3 Å². The maximum atomic E-state index is 11.5. The third kappa shape index (κ3) is 5.81. The zero-order valence-electron chi connectivity index (χ0n) is 18.3. The molecule has 0 fully saturated rings. The Hall–Kier alpha value is -4.03. The fourth-order valence-corrected chi connectivity index (χ4v) is 3.92. The number of nitrogen functional groups attached to an aromatic ring is 1. The summed E-state index contributed by atoms with van der Waals surface area (Å²) in [5, 5.41) is 3.62. The first-order valence-electron chi connectivity index (χ1n) is 10.9. The van der Waals surface area contributed by atoms with Crippen molar-refractivity contribution >= 4 is 11.7 Å². The molecule has 166 valence electrons. The topological polar surface area (TPSA) is 107 Å². The molecule has 6 nitrogen and oxygen atoms in total. The standard InChI is InChI=1S/C27H27N5O/c28-26-25(27(29)33)32-23(17-31-26)15-19-8-7-9-20(14-19)16-30-18-24(21-10-3-1-4-11-21)22-12-5-2-6-13-22/h1-14,17,24,30H,15-16,18H2,(H2,28,31)(H2,29,33).